The monoisotopic (exact) mass is 206 g/mol. The van der Waals surface area contributed by atoms with Crippen molar-refractivity contribution in [2.24, 2.45) is 5.41 Å². The van der Waals surface area contributed by atoms with Crippen LogP contribution in [0.5, 0.6) is 0 Å². The predicted octanol–water partition coefficient (Wildman–Crippen LogP) is 1.72. The van der Waals surface area contributed by atoms with E-state index < -0.39 is 0 Å². The van der Waals surface area contributed by atoms with Gasteiger partial charge in [-0.25, -0.2) is 4.98 Å². The van der Waals surface area contributed by atoms with E-state index in [4.69, 9.17) is 5.41 Å². The molecule has 0 amide bonds. The van der Waals surface area contributed by atoms with Gasteiger partial charge in [-0.1, -0.05) is 20.8 Å². The van der Waals surface area contributed by atoms with Crippen LogP contribution in [0.15, 0.2) is 12.4 Å². The molecular weight excluding hydrogens is 188 g/mol. The summed E-state index contributed by atoms with van der Waals surface area (Å²) in [7, 11) is 0. The highest BCUT2D eigenvalue weighted by Gasteiger charge is 2.26. The van der Waals surface area contributed by atoms with Crippen molar-refractivity contribution >= 4 is 5.84 Å². The molecule has 82 valence electrons. The van der Waals surface area contributed by atoms with Crippen molar-refractivity contribution < 1.29 is 0 Å². The SMILES string of the molecule is CC(C)(C)C(=N)N1CCn2ccnc2C1. The van der Waals surface area contributed by atoms with Crippen LogP contribution in [-0.4, -0.2) is 26.8 Å². The van der Waals surface area contributed by atoms with Gasteiger partial charge in [0.1, 0.15) is 11.7 Å². The predicted molar refractivity (Wildman–Crippen MR) is 59.8 cm³/mol. The highest BCUT2D eigenvalue weighted by atomic mass is 15.3. The first kappa shape index (κ1) is 10.2. The highest BCUT2D eigenvalue weighted by molar-refractivity contribution is 5.84. The second kappa shape index (κ2) is 3.36. The zero-order chi connectivity index (χ0) is 11.1. The number of aromatic nitrogens is 2. The summed E-state index contributed by atoms with van der Waals surface area (Å²) in [6.45, 7) is 8.86. The Morgan fingerprint density at radius 3 is 2.80 bits per heavy atom. The lowest BCUT2D eigenvalue weighted by Crippen LogP contribution is -2.43. The van der Waals surface area contributed by atoms with Crippen LogP contribution in [0.4, 0.5) is 0 Å². The van der Waals surface area contributed by atoms with Crippen molar-refractivity contribution in [3.8, 4) is 0 Å². The van der Waals surface area contributed by atoms with Crippen LogP contribution in [0.2, 0.25) is 0 Å². The third kappa shape index (κ3) is 1.89. The Morgan fingerprint density at radius 1 is 1.40 bits per heavy atom. The number of fused-ring (bicyclic) bond motifs is 1. The lowest BCUT2D eigenvalue weighted by Gasteiger charge is -2.35. The number of rotatable bonds is 0. The maximum atomic E-state index is 8.12. The van der Waals surface area contributed by atoms with Gasteiger partial charge in [-0.15, -0.1) is 0 Å². The molecule has 0 spiro atoms. The van der Waals surface area contributed by atoms with E-state index >= 15 is 0 Å². The summed E-state index contributed by atoms with van der Waals surface area (Å²) in [5.74, 6) is 1.77. The van der Waals surface area contributed by atoms with Gasteiger partial charge in [-0.3, -0.25) is 5.41 Å². The Labute approximate surface area is 90.4 Å². The molecule has 1 aromatic rings. The van der Waals surface area contributed by atoms with E-state index in [-0.39, 0.29) is 5.41 Å². The summed E-state index contributed by atoms with van der Waals surface area (Å²) in [6, 6.07) is 0. The van der Waals surface area contributed by atoms with Crippen LogP contribution in [0, 0.1) is 10.8 Å². The van der Waals surface area contributed by atoms with Crippen LogP contribution in [0.1, 0.15) is 26.6 Å². The van der Waals surface area contributed by atoms with Crippen molar-refractivity contribution in [1.29, 1.82) is 5.41 Å². The first-order valence-corrected chi connectivity index (χ1v) is 5.32. The summed E-state index contributed by atoms with van der Waals surface area (Å²) >= 11 is 0. The fourth-order valence-electron chi connectivity index (χ4n) is 1.84. The fraction of sp³-hybridized carbons (Fsp3) is 0.636. The van der Waals surface area contributed by atoms with Gasteiger partial charge in [-0.05, 0) is 0 Å². The van der Waals surface area contributed by atoms with Gasteiger partial charge in [0.25, 0.3) is 0 Å². The molecule has 1 aromatic heterocycles. The van der Waals surface area contributed by atoms with E-state index in [2.05, 4.69) is 35.2 Å². The van der Waals surface area contributed by atoms with Gasteiger partial charge in [0.15, 0.2) is 0 Å². The smallest absolute Gasteiger partial charge is 0.128 e. The van der Waals surface area contributed by atoms with Crippen molar-refractivity contribution in [1.82, 2.24) is 14.5 Å². The van der Waals surface area contributed by atoms with Gasteiger partial charge in [0.05, 0.1) is 6.54 Å². The van der Waals surface area contributed by atoms with Crippen molar-refractivity contribution in [3.63, 3.8) is 0 Å². The van der Waals surface area contributed by atoms with E-state index in [1.807, 2.05) is 12.4 Å². The van der Waals surface area contributed by atoms with Gasteiger partial charge < -0.3 is 9.47 Å². The Balaban J connectivity index is 2.14. The third-order valence-corrected chi connectivity index (χ3v) is 2.77. The topological polar surface area (TPSA) is 44.9 Å². The summed E-state index contributed by atoms with van der Waals surface area (Å²) in [4.78, 5) is 6.41. The zero-order valence-corrected chi connectivity index (χ0v) is 9.62. The molecule has 0 aromatic carbocycles. The second-order valence-electron chi connectivity index (χ2n) is 5.06. The van der Waals surface area contributed by atoms with E-state index in [9.17, 15) is 0 Å². The quantitative estimate of drug-likeness (QED) is 0.519. The van der Waals surface area contributed by atoms with E-state index in [1.54, 1.807) is 0 Å². The minimum absolute atomic E-state index is 0.0746. The molecule has 1 aliphatic rings. The number of hydrogen-bond donors (Lipinski definition) is 1. The van der Waals surface area contributed by atoms with Crippen LogP contribution in [0.25, 0.3) is 0 Å². The molecule has 4 heteroatoms. The summed E-state index contributed by atoms with van der Waals surface area (Å²) in [5.41, 5.74) is -0.0746. The molecule has 1 aliphatic heterocycles. The maximum absolute atomic E-state index is 8.12. The molecule has 0 saturated heterocycles. The van der Waals surface area contributed by atoms with Gasteiger partial charge in [-0.2, -0.15) is 0 Å². The average molecular weight is 206 g/mol. The number of amidine groups is 1. The molecule has 2 rings (SSSR count). The van der Waals surface area contributed by atoms with Crippen LogP contribution < -0.4 is 0 Å². The first-order chi connectivity index (χ1) is 6.98. The molecule has 0 aliphatic carbocycles. The summed E-state index contributed by atoms with van der Waals surface area (Å²) in [5, 5.41) is 8.12. The van der Waals surface area contributed by atoms with Crippen molar-refractivity contribution in [2.75, 3.05) is 6.54 Å². The lowest BCUT2D eigenvalue weighted by molar-refractivity contribution is 0.299. The minimum atomic E-state index is -0.0746. The molecule has 0 unspecified atom stereocenters. The molecule has 0 radical (unpaired) electrons. The Hall–Kier alpha value is -1.32. The lowest BCUT2D eigenvalue weighted by atomic mass is 9.94. The molecule has 4 nitrogen and oxygen atoms in total. The second-order valence-corrected chi connectivity index (χ2v) is 5.06. The average Bonchev–Trinajstić information content (AvgIpc) is 2.61. The zero-order valence-electron chi connectivity index (χ0n) is 9.62. The molecule has 0 atom stereocenters. The van der Waals surface area contributed by atoms with Gasteiger partial charge >= 0.3 is 0 Å². The normalized spacial score (nSPS) is 16.3. The molecule has 0 bridgehead atoms. The third-order valence-electron chi connectivity index (χ3n) is 2.77. The molecule has 2 heterocycles. The minimum Gasteiger partial charge on any atom is -0.351 e. The molecule has 15 heavy (non-hydrogen) atoms. The van der Waals surface area contributed by atoms with Crippen LogP contribution >= 0.6 is 0 Å². The van der Waals surface area contributed by atoms with Gasteiger partial charge in [0, 0.05) is 30.9 Å². The van der Waals surface area contributed by atoms with Crippen molar-refractivity contribution in [2.45, 2.75) is 33.9 Å². The fourth-order valence-corrected chi connectivity index (χ4v) is 1.84. The molecular formula is C11H18N4. The summed E-state index contributed by atoms with van der Waals surface area (Å²) < 4.78 is 2.16. The maximum Gasteiger partial charge on any atom is 0.128 e. The van der Waals surface area contributed by atoms with Crippen LogP contribution in [-0.2, 0) is 13.1 Å². The number of imidazole rings is 1. The first-order valence-electron chi connectivity index (χ1n) is 5.32. The van der Waals surface area contributed by atoms with Crippen LogP contribution in [0.3, 0.4) is 0 Å². The standard InChI is InChI=1S/C11H18N4/c1-11(2,3)10(12)15-7-6-14-5-4-13-9(14)8-15/h4-5,12H,6-8H2,1-3H3. The molecule has 0 saturated carbocycles. The van der Waals surface area contributed by atoms with E-state index in [0.717, 1.165) is 25.5 Å². The van der Waals surface area contributed by atoms with E-state index in [1.165, 1.54) is 0 Å². The highest BCUT2D eigenvalue weighted by Crippen LogP contribution is 2.21. The Bertz CT molecular complexity index is 372. The number of nitrogens with one attached hydrogen (secondary N) is 1. The van der Waals surface area contributed by atoms with Gasteiger partial charge in [0.2, 0.25) is 0 Å². The number of nitrogens with zero attached hydrogens (tertiary/aromatic N) is 3. The van der Waals surface area contributed by atoms with E-state index in [0.29, 0.717) is 5.84 Å². The summed E-state index contributed by atoms with van der Waals surface area (Å²) in [6.07, 6.45) is 3.84. The molecule has 1 N–H and O–H groups in total. The van der Waals surface area contributed by atoms with Crippen molar-refractivity contribution in [3.05, 3.63) is 18.2 Å². The number of hydrogen-bond acceptors (Lipinski definition) is 2. The Kier molecular flexibility index (Phi) is 2.29. The largest absolute Gasteiger partial charge is 0.351 e. The molecule has 0 fully saturated rings. The Morgan fingerprint density at radius 2 is 2.13 bits per heavy atom.